The van der Waals surface area contributed by atoms with Crippen LogP contribution in [-0.4, -0.2) is 0 Å². The van der Waals surface area contributed by atoms with Crippen molar-refractivity contribution in [1.82, 2.24) is 0 Å². The number of rotatable bonds is 1. The van der Waals surface area contributed by atoms with Gasteiger partial charge in [-0.3, -0.25) is 0 Å². The zero-order valence-corrected chi connectivity index (χ0v) is 8.59. The van der Waals surface area contributed by atoms with E-state index in [1.165, 1.54) is 11.3 Å². The molecule has 5 heteroatoms. The van der Waals surface area contributed by atoms with Gasteiger partial charge >= 0.3 is 0 Å². The van der Waals surface area contributed by atoms with Crippen LogP contribution in [0.2, 0.25) is 8.67 Å². The molecular weight excluding hydrogens is 215 g/mol. The van der Waals surface area contributed by atoms with Crippen molar-refractivity contribution in [3.63, 3.8) is 0 Å². The second kappa shape index (κ2) is 3.23. The highest BCUT2D eigenvalue weighted by Crippen LogP contribution is 2.36. The molecule has 12 heavy (non-hydrogen) atoms. The van der Waals surface area contributed by atoms with Gasteiger partial charge in [0.2, 0.25) is 0 Å². The summed E-state index contributed by atoms with van der Waals surface area (Å²) in [6.45, 7) is 1.59. The number of thiophene rings is 1. The Bertz CT molecular complexity index is 338. The maximum absolute atomic E-state index is 8.71. The van der Waals surface area contributed by atoms with Crippen LogP contribution in [0.15, 0.2) is 6.07 Å². The van der Waals surface area contributed by atoms with E-state index < -0.39 is 5.54 Å². The molecule has 0 spiro atoms. The van der Waals surface area contributed by atoms with Crippen molar-refractivity contribution in [2.24, 2.45) is 5.73 Å². The normalized spacial score (nSPS) is 15.2. The third kappa shape index (κ3) is 1.73. The van der Waals surface area contributed by atoms with Crippen LogP contribution in [0, 0.1) is 11.3 Å². The summed E-state index contributed by atoms with van der Waals surface area (Å²) >= 11 is 12.7. The molecule has 1 rings (SSSR count). The summed E-state index contributed by atoms with van der Waals surface area (Å²) in [5.41, 5.74) is 5.18. The Morgan fingerprint density at radius 2 is 2.25 bits per heavy atom. The van der Waals surface area contributed by atoms with E-state index in [1.54, 1.807) is 13.0 Å². The molecule has 0 saturated carbocycles. The van der Waals surface area contributed by atoms with Gasteiger partial charge in [-0.05, 0) is 13.0 Å². The molecule has 0 aliphatic carbocycles. The van der Waals surface area contributed by atoms with E-state index in [2.05, 4.69) is 0 Å². The molecule has 0 unspecified atom stereocenters. The van der Waals surface area contributed by atoms with E-state index in [4.69, 9.17) is 34.2 Å². The third-order valence-corrected chi connectivity index (χ3v) is 2.94. The average Bonchev–Trinajstić information content (AvgIpc) is 2.31. The van der Waals surface area contributed by atoms with E-state index in [0.29, 0.717) is 14.2 Å². The van der Waals surface area contributed by atoms with E-state index in [9.17, 15) is 0 Å². The molecule has 1 aromatic heterocycles. The van der Waals surface area contributed by atoms with Gasteiger partial charge in [0.05, 0.1) is 10.4 Å². The molecular formula is C7H6Cl2N2S. The van der Waals surface area contributed by atoms with Crippen LogP contribution in [0.3, 0.4) is 0 Å². The minimum atomic E-state index is -1.05. The van der Waals surface area contributed by atoms with Gasteiger partial charge in [0.15, 0.2) is 0 Å². The topological polar surface area (TPSA) is 49.8 Å². The van der Waals surface area contributed by atoms with Crippen LogP contribution >= 0.6 is 34.5 Å². The minimum absolute atomic E-state index is 0.478. The van der Waals surface area contributed by atoms with Crippen LogP contribution in [-0.2, 0) is 5.54 Å². The number of halogens is 2. The van der Waals surface area contributed by atoms with Gasteiger partial charge in [0.25, 0.3) is 0 Å². The fraction of sp³-hybridized carbons (Fsp3) is 0.286. The van der Waals surface area contributed by atoms with Crippen molar-refractivity contribution in [3.05, 3.63) is 20.3 Å². The molecule has 0 aromatic carbocycles. The van der Waals surface area contributed by atoms with Crippen LogP contribution in [0.25, 0.3) is 0 Å². The van der Waals surface area contributed by atoms with Crippen LogP contribution in [0.1, 0.15) is 12.5 Å². The number of nitriles is 1. The maximum Gasteiger partial charge on any atom is 0.129 e. The molecule has 0 aliphatic heterocycles. The highest BCUT2D eigenvalue weighted by Gasteiger charge is 2.25. The van der Waals surface area contributed by atoms with Crippen molar-refractivity contribution in [2.45, 2.75) is 12.5 Å². The fourth-order valence-corrected chi connectivity index (χ4v) is 2.44. The van der Waals surface area contributed by atoms with Crippen molar-refractivity contribution in [2.75, 3.05) is 0 Å². The van der Waals surface area contributed by atoms with Crippen LogP contribution < -0.4 is 5.73 Å². The predicted molar refractivity (Wildman–Crippen MR) is 51.5 cm³/mol. The predicted octanol–water partition coefficient (Wildman–Crippen LogP) is 2.75. The van der Waals surface area contributed by atoms with Gasteiger partial charge in [-0.15, -0.1) is 11.3 Å². The van der Waals surface area contributed by atoms with E-state index in [1.807, 2.05) is 6.07 Å². The van der Waals surface area contributed by atoms with Crippen molar-refractivity contribution < 1.29 is 0 Å². The number of hydrogen-bond donors (Lipinski definition) is 1. The first-order valence-corrected chi connectivity index (χ1v) is 4.70. The van der Waals surface area contributed by atoms with Gasteiger partial charge in [-0.1, -0.05) is 23.2 Å². The molecule has 0 radical (unpaired) electrons. The van der Waals surface area contributed by atoms with Crippen molar-refractivity contribution >= 4 is 34.5 Å². The van der Waals surface area contributed by atoms with Gasteiger partial charge in [-0.25, -0.2) is 0 Å². The van der Waals surface area contributed by atoms with Crippen LogP contribution in [0.4, 0.5) is 0 Å². The first kappa shape index (κ1) is 9.82. The number of nitrogens with two attached hydrogens (primary N) is 1. The zero-order valence-electron chi connectivity index (χ0n) is 6.27. The summed E-state index contributed by atoms with van der Waals surface area (Å²) in [5, 5.41) is 8.71. The average molecular weight is 221 g/mol. The van der Waals surface area contributed by atoms with Crippen LogP contribution in [0.5, 0.6) is 0 Å². The number of hydrogen-bond acceptors (Lipinski definition) is 3. The lowest BCUT2D eigenvalue weighted by Crippen LogP contribution is -2.30. The highest BCUT2D eigenvalue weighted by molar-refractivity contribution is 7.20. The summed E-state index contributed by atoms with van der Waals surface area (Å²) in [4.78, 5) is 0. The van der Waals surface area contributed by atoms with Gasteiger partial charge < -0.3 is 5.73 Å². The Kier molecular flexibility index (Phi) is 2.64. The molecule has 2 nitrogen and oxygen atoms in total. The maximum atomic E-state index is 8.71. The van der Waals surface area contributed by atoms with E-state index >= 15 is 0 Å². The summed E-state index contributed by atoms with van der Waals surface area (Å²) in [6, 6.07) is 3.58. The molecule has 2 N–H and O–H groups in total. The van der Waals surface area contributed by atoms with Crippen molar-refractivity contribution in [3.8, 4) is 6.07 Å². The highest BCUT2D eigenvalue weighted by atomic mass is 35.5. The van der Waals surface area contributed by atoms with E-state index in [-0.39, 0.29) is 0 Å². The second-order valence-corrected chi connectivity index (χ2v) is 4.84. The number of nitrogens with zero attached hydrogens (tertiary/aromatic N) is 1. The molecule has 0 fully saturated rings. The quantitative estimate of drug-likeness (QED) is 0.792. The smallest absolute Gasteiger partial charge is 0.129 e. The summed E-state index contributed by atoms with van der Waals surface area (Å²) in [7, 11) is 0. The minimum Gasteiger partial charge on any atom is -0.310 e. The summed E-state index contributed by atoms with van der Waals surface area (Å²) < 4.78 is 1.02. The monoisotopic (exact) mass is 220 g/mol. The first-order valence-electron chi connectivity index (χ1n) is 3.13. The van der Waals surface area contributed by atoms with Gasteiger partial charge in [-0.2, -0.15) is 5.26 Å². The standard InChI is InChI=1S/C7H6Cl2N2S/c1-7(11,3-10)4-2-5(8)12-6(4)9/h2H,11H2,1H3/t7-/m0/s1. The van der Waals surface area contributed by atoms with Gasteiger partial charge in [0, 0.05) is 5.56 Å². The Labute approximate surface area is 84.5 Å². The molecule has 64 valence electrons. The summed E-state index contributed by atoms with van der Waals surface area (Å²) in [6.07, 6.45) is 0. The van der Waals surface area contributed by atoms with E-state index in [0.717, 1.165) is 0 Å². The molecule has 0 saturated heterocycles. The zero-order chi connectivity index (χ0) is 9.35. The molecule has 0 bridgehead atoms. The Hall–Kier alpha value is -0.270. The molecule has 1 aromatic rings. The SMILES string of the molecule is C[C@](N)(C#N)c1cc(Cl)sc1Cl. The molecule has 1 atom stereocenters. The summed E-state index contributed by atoms with van der Waals surface area (Å²) in [5.74, 6) is 0. The Morgan fingerprint density at radius 3 is 2.58 bits per heavy atom. The molecule has 0 amide bonds. The Morgan fingerprint density at radius 1 is 1.67 bits per heavy atom. The molecule has 1 heterocycles. The fourth-order valence-electron chi connectivity index (χ4n) is 0.755. The van der Waals surface area contributed by atoms with Gasteiger partial charge in [0.1, 0.15) is 9.88 Å². The lowest BCUT2D eigenvalue weighted by Gasteiger charge is -2.13. The lowest BCUT2D eigenvalue weighted by molar-refractivity contribution is 0.650. The third-order valence-electron chi connectivity index (χ3n) is 1.45. The first-order chi connectivity index (χ1) is 5.47. The van der Waals surface area contributed by atoms with Crippen molar-refractivity contribution in [1.29, 1.82) is 5.26 Å². The second-order valence-electron chi connectivity index (χ2n) is 2.55. The molecule has 0 aliphatic rings. The Balaban J connectivity index is 3.21. The largest absolute Gasteiger partial charge is 0.310 e. The lowest BCUT2D eigenvalue weighted by atomic mass is 9.98.